The highest BCUT2D eigenvalue weighted by atomic mass is 16.5. The third-order valence-electron chi connectivity index (χ3n) is 1.74. The van der Waals surface area contributed by atoms with Crippen molar-refractivity contribution in [2.45, 2.75) is 53.1 Å². The molecule has 0 fully saturated rings. The molecule has 67 valence electrons. The molecular formula is C10H21O. The van der Waals surface area contributed by atoms with Gasteiger partial charge >= 0.3 is 0 Å². The zero-order valence-electron chi connectivity index (χ0n) is 8.31. The van der Waals surface area contributed by atoms with Gasteiger partial charge < -0.3 is 4.74 Å². The molecular weight excluding hydrogens is 136 g/mol. The molecule has 0 aliphatic carbocycles. The summed E-state index contributed by atoms with van der Waals surface area (Å²) in [5.74, 6) is 1.52. The number of rotatable bonds is 6. The Labute approximate surface area is 71.1 Å². The van der Waals surface area contributed by atoms with E-state index in [0.717, 1.165) is 6.61 Å². The predicted molar refractivity (Wildman–Crippen MR) is 49.5 cm³/mol. The first-order valence-corrected chi connectivity index (χ1v) is 4.57. The quantitative estimate of drug-likeness (QED) is 0.575. The fraction of sp³-hybridized carbons (Fsp3) is 0.900. The third-order valence-corrected chi connectivity index (χ3v) is 1.74. The normalized spacial score (nSPS) is 13.9. The second-order valence-electron chi connectivity index (χ2n) is 3.37. The molecule has 1 unspecified atom stereocenters. The lowest BCUT2D eigenvalue weighted by atomic mass is 10.0. The van der Waals surface area contributed by atoms with Gasteiger partial charge in [0, 0.05) is 6.61 Å². The molecule has 0 aromatic rings. The van der Waals surface area contributed by atoms with Crippen molar-refractivity contribution in [1.82, 2.24) is 0 Å². The molecule has 1 radical (unpaired) electrons. The summed E-state index contributed by atoms with van der Waals surface area (Å²) in [6, 6.07) is 0. The summed E-state index contributed by atoms with van der Waals surface area (Å²) < 4.78 is 5.41. The lowest BCUT2D eigenvalue weighted by Crippen LogP contribution is -2.07. The van der Waals surface area contributed by atoms with Crippen molar-refractivity contribution < 1.29 is 4.74 Å². The molecule has 11 heavy (non-hydrogen) atoms. The summed E-state index contributed by atoms with van der Waals surface area (Å²) in [5, 5.41) is 0. The van der Waals surface area contributed by atoms with Crippen LogP contribution in [0.1, 0.15) is 47.0 Å². The Bertz CT molecular complexity index is 78.9. The average Bonchev–Trinajstić information content (AvgIpc) is 1.87. The van der Waals surface area contributed by atoms with Gasteiger partial charge in [-0.3, -0.25) is 0 Å². The van der Waals surface area contributed by atoms with Gasteiger partial charge in [0.2, 0.25) is 0 Å². The summed E-state index contributed by atoms with van der Waals surface area (Å²) in [6.45, 7) is 9.41. The van der Waals surface area contributed by atoms with Gasteiger partial charge in [0.1, 0.15) is 0 Å². The molecule has 0 aromatic heterocycles. The molecule has 1 nitrogen and oxygen atoms in total. The Morgan fingerprint density at radius 1 is 1.36 bits per heavy atom. The highest BCUT2D eigenvalue weighted by molar-refractivity contribution is 4.76. The van der Waals surface area contributed by atoms with Crippen molar-refractivity contribution in [3.63, 3.8) is 0 Å². The van der Waals surface area contributed by atoms with Crippen molar-refractivity contribution in [2.75, 3.05) is 6.61 Å². The molecule has 0 spiro atoms. The van der Waals surface area contributed by atoms with E-state index in [0.29, 0.717) is 6.10 Å². The maximum Gasteiger partial charge on any atom is 0.0546 e. The highest BCUT2D eigenvalue weighted by Gasteiger charge is 2.01. The molecule has 0 amide bonds. The van der Waals surface area contributed by atoms with Crippen molar-refractivity contribution in [2.24, 2.45) is 0 Å². The van der Waals surface area contributed by atoms with Crippen molar-refractivity contribution in [1.29, 1.82) is 0 Å². The van der Waals surface area contributed by atoms with E-state index in [2.05, 4.69) is 20.8 Å². The Morgan fingerprint density at radius 2 is 2.00 bits per heavy atom. The highest BCUT2D eigenvalue weighted by Crippen LogP contribution is 2.11. The molecule has 0 saturated heterocycles. The minimum absolute atomic E-state index is 0.444. The number of ether oxygens (including phenoxy) is 1. The maximum absolute atomic E-state index is 5.41. The van der Waals surface area contributed by atoms with E-state index in [9.17, 15) is 0 Å². The van der Waals surface area contributed by atoms with E-state index in [4.69, 9.17) is 4.74 Å². The van der Waals surface area contributed by atoms with Gasteiger partial charge in [-0.25, -0.2) is 0 Å². The van der Waals surface area contributed by atoms with Gasteiger partial charge in [0.05, 0.1) is 6.10 Å². The van der Waals surface area contributed by atoms with Gasteiger partial charge in [-0.1, -0.05) is 20.3 Å². The van der Waals surface area contributed by atoms with Crippen LogP contribution in [0.15, 0.2) is 0 Å². The number of hydrogen-bond donors (Lipinski definition) is 0. The maximum atomic E-state index is 5.41. The Kier molecular flexibility index (Phi) is 6.63. The summed E-state index contributed by atoms with van der Waals surface area (Å²) in [7, 11) is 0. The Hall–Kier alpha value is -0.0400. The van der Waals surface area contributed by atoms with Crippen LogP contribution in [0.2, 0.25) is 0 Å². The van der Waals surface area contributed by atoms with Gasteiger partial charge in [0.25, 0.3) is 0 Å². The lowest BCUT2D eigenvalue weighted by Gasteiger charge is -2.11. The smallest absolute Gasteiger partial charge is 0.0546 e. The molecule has 0 N–H and O–H groups in total. The van der Waals surface area contributed by atoms with Crippen LogP contribution in [0.4, 0.5) is 0 Å². The zero-order chi connectivity index (χ0) is 8.69. The van der Waals surface area contributed by atoms with Gasteiger partial charge in [0.15, 0.2) is 0 Å². The summed E-state index contributed by atoms with van der Waals surface area (Å²) in [4.78, 5) is 0. The SMILES string of the molecule is CCOC(C)CCC[C](C)C. The Balaban J connectivity index is 3.10. The summed E-state index contributed by atoms with van der Waals surface area (Å²) in [6.07, 6.45) is 4.15. The minimum atomic E-state index is 0.444. The summed E-state index contributed by atoms with van der Waals surface area (Å²) in [5.41, 5.74) is 0. The van der Waals surface area contributed by atoms with Crippen LogP contribution in [-0.4, -0.2) is 12.7 Å². The van der Waals surface area contributed by atoms with Gasteiger partial charge in [-0.15, -0.1) is 0 Å². The summed E-state index contributed by atoms with van der Waals surface area (Å²) >= 11 is 0. The molecule has 0 rings (SSSR count). The first kappa shape index (κ1) is 11.0. The van der Waals surface area contributed by atoms with Crippen LogP contribution in [0.5, 0.6) is 0 Å². The number of hydrogen-bond acceptors (Lipinski definition) is 1. The molecule has 0 aromatic carbocycles. The van der Waals surface area contributed by atoms with Gasteiger partial charge in [-0.05, 0) is 32.6 Å². The molecule has 0 bridgehead atoms. The van der Waals surface area contributed by atoms with E-state index in [-0.39, 0.29) is 0 Å². The van der Waals surface area contributed by atoms with Crippen molar-refractivity contribution in [3.05, 3.63) is 5.92 Å². The standard InChI is InChI=1S/C10H21O/c1-5-11-10(4)8-6-7-9(2)3/h10H,5-8H2,1-4H3. The third kappa shape index (κ3) is 7.86. The van der Waals surface area contributed by atoms with E-state index in [1.165, 1.54) is 25.2 Å². The first-order valence-electron chi connectivity index (χ1n) is 4.57. The van der Waals surface area contributed by atoms with Gasteiger partial charge in [-0.2, -0.15) is 0 Å². The van der Waals surface area contributed by atoms with Crippen LogP contribution in [-0.2, 0) is 4.74 Å². The van der Waals surface area contributed by atoms with Crippen LogP contribution < -0.4 is 0 Å². The Morgan fingerprint density at radius 3 is 2.45 bits per heavy atom. The average molecular weight is 157 g/mol. The largest absolute Gasteiger partial charge is 0.379 e. The monoisotopic (exact) mass is 157 g/mol. The van der Waals surface area contributed by atoms with E-state index in [1.54, 1.807) is 0 Å². The van der Waals surface area contributed by atoms with E-state index >= 15 is 0 Å². The van der Waals surface area contributed by atoms with Crippen LogP contribution in [0.25, 0.3) is 0 Å². The molecule has 1 atom stereocenters. The zero-order valence-corrected chi connectivity index (χ0v) is 8.31. The lowest BCUT2D eigenvalue weighted by molar-refractivity contribution is 0.0687. The van der Waals surface area contributed by atoms with Crippen molar-refractivity contribution in [3.8, 4) is 0 Å². The molecule has 0 heterocycles. The minimum Gasteiger partial charge on any atom is -0.379 e. The second-order valence-corrected chi connectivity index (χ2v) is 3.37. The second kappa shape index (κ2) is 6.66. The fourth-order valence-electron chi connectivity index (χ4n) is 1.11. The van der Waals surface area contributed by atoms with E-state index < -0.39 is 0 Å². The predicted octanol–water partition coefficient (Wildman–Crippen LogP) is 3.20. The van der Waals surface area contributed by atoms with Crippen LogP contribution in [0, 0.1) is 5.92 Å². The van der Waals surface area contributed by atoms with Crippen molar-refractivity contribution >= 4 is 0 Å². The van der Waals surface area contributed by atoms with Crippen LogP contribution in [0.3, 0.4) is 0 Å². The molecule has 0 saturated carbocycles. The fourth-order valence-corrected chi connectivity index (χ4v) is 1.11. The van der Waals surface area contributed by atoms with E-state index in [1.807, 2.05) is 6.92 Å². The first-order chi connectivity index (χ1) is 5.16. The molecule has 1 heteroatoms. The molecule has 0 aliphatic rings. The molecule has 0 aliphatic heterocycles. The van der Waals surface area contributed by atoms with Crippen LogP contribution >= 0.6 is 0 Å². The topological polar surface area (TPSA) is 9.23 Å².